The Hall–Kier alpha value is -0.303. The average molecular weight is 236 g/mol. The number of rotatable bonds is 4. The van der Waals surface area contributed by atoms with E-state index in [2.05, 4.69) is 48.5 Å². The Labute approximate surface area is 103 Å². The summed E-state index contributed by atoms with van der Waals surface area (Å²) in [5.74, 6) is 0.728. The second-order valence-electron chi connectivity index (χ2n) is 5.41. The van der Waals surface area contributed by atoms with Crippen molar-refractivity contribution in [3.8, 4) is 0 Å². The quantitative estimate of drug-likeness (QED) is 0.578. The lowest BCUT2D eigenvalue weighted by Gasteiger charge is -2.34. The van der Waals surface area contributed by atoms with Gasteiger partial charge >= 0.3 is 0 Å². The molecule has 0 nitrogen and oxygen atoms in total. The van der Waals surface area contributed by atoms with Gasteiger partial charge in [-0.25, -0.2) is 0 Å². The molecule has 0 heterocycles. The molecule has 0 fully saturated rings. The first kappa shape index (κ1) is 13.8. The zero-order chi connectivity index (χ0) is 12.5. The van der Waals surface area contributed by atoms with Crippen LogP contribution in [-0.4, -0.2) is 8.07 Å². The molecule has 0 aliphatic heterocycles. The topological polar surface area (TPSA) is 0 Å². The maximum atomic E-state index is 2.42. The summed E-state index contributed by atoms with van der Waals surface area (Å²) in [5.41, 5.74) is 4.84. The van der Waals surface area contributed by atoms with Crippen molar-refractivity contribution in [3.63, 3.8) is 0 Å². The normalized spacial score (nSPS) is 22.3. The summed E-state index contributed by atoms with van der Waals surface area (Å²) in [4.78, 5) is 0. The maximum Gasteiger partial charge on any atom is 0.0818 e. The Kier molecular flexibility index (Phi) is 4.22. The molecule has 1 rings (SSSR count). The first-order chi connectivity index (χ1) is 7.45. The Balaban J connectivity index is 3.25. The summed E-state index contributed by atoms with van der Waals surface area (Å²) in [5, 5.41) is 1.87. The molecule has 0 saturated carbocycles. The van der Waals surface area contributed by atoms with Gasteiger partial charge in [-0.15, -0.1) is 0 Å². The molecule has 0 aromatic carbocycles. The fraction of sp³-hybridized carbons (Fsp3) is 0.733. The van der Waals surface area contributed by atoms with Gasteiger partial charge in [-0.1, -0.05) is 62.2 Å². The summed E-state index contributed by atoms with van der Waals surface area (Å²) in [7, 11) is -1.16. The van der Waals surface area contributed by atoms with Crippen LogP contribution in [0.3, 0.4) is 0 Å². The molecule has 1 aliphatic rings. The van der Waals surface area contributed by atoms with Crippen LogP contribution in [0.2, 0.25) is 18.1 Å². The fourth-order valence-electron chi connectivity index (χ4n) is 3.54. The monoisotopic (exact) mass is 236 g/mol. The van der Waals surface area contributed by atoms with Gasteiger partial charge in [0.05, 0.1) is 8.07 Å². The fourth-order valence-corrected chi connectivity index (χ4v) is 8.30. The lowest BCUT2D eigenvalue weighted by Crippen LogP contribution is -2.37. The third kappa shape index (κ3) is 1.83. The van der Waals surface area contributed by atoms with Crippen LogP contribution in [0.5, 0.6) is 0 Å². The largest absolute Gasteiger partial charge is 0.0818 e. The number of allylic oxidation sites excluding steroid dienone is 4. The average Bonchev–Trinajstić information content (AvgIpc) is 2.49. The third-order valence-electron chi connectivity index (χ3n) is 5.24. The Bertz CT molecular complexity index is 321. The number of hydrogen-bond donors (Lipinski definition) is 0. The molecule has 0 aromatic heterocycles. The van der Waals surface area contributed by atoms with Crippen molar-refractivity contribution < 1.29 is 0 Å². The van der Waals surface area contributed by atoms with Gasteiger partial charge in [-0.05, 0) is 32.3 Å². The van der Waals surface area contributed by atoms with Gasteiger partial charge in [0.1, 0.15) is 0 Å². The summed E-state index contributed by atoms with van der Waals surface area (Å²) in [6.07, 6.45) is 0. The van der Waals surface area contributed by atoms with E-state index >= 15 is 0 Å². The van der Waals surface area contributed by atoms with Crippen LogP contribution in [0.1, 0.15) is 48.5 Å². The van der Waals surface area contributed by atoms with E-state index in [1.807, 2.05) is 5.20 Å². The van der Waals surface area contributed by atoms with E-state index in [1.54, 1.807) is 16.7 Å². The molecule has 16 heavy (non-hydrogen) atoms. The molecule has 0 radical (unpaired) electrons. The standard InChI is InChI=1S/C15H28Si/c1-8-16(9-2,10-3)15-13(6)11(4)12(5)14(15)7/h13H,8-10H2,1-7H3. The van der Waals surface area contributed by atoms with Crippen LogP contribution >= 0.6 is 0 Å². The summed E-state index contributed by atoms with van der Waals surface area (Å²) < 4.78 is 0. The van der Waals surface area contributed by atoms with E-state index < -0.39 is 8.07 Å². The molecule has 1 heteroatoms. The SMILES string of the molecule is CC[Si](CC)(CC)C1=C(C)C(C)=C(C)C1C. The molecule has 1 unspecified atom stereocenters. The summed E-state index contributed by atoms with van der Waals surface area (Å²) >= 11 is 0. The molecule has 1 aliphatic carbocycles. The molecule has 0 bridgehead atoms. The van der Waals surface area contributed by atoms with E-state index in [9.17, 15) is 0 Å². The smallest absolute Gasteiger partial charge is 0.0705 e. The van der Waals surface area contributed by atoms with Gasteiger partial charge in [-0.3, -0.25) is 0 Å². The van der Waals surface area contributed by atoms with Crippen molar-refractivity contribution >= 4 is 8.07 Å². The van der Waals surface area contributed by atoms with E-state index in [0.717, 1.165) is 5.92 Å². The van der Waals surface area contributed by atoms with Gasteiger partial charge in [0.25, 0.3) is 0 Å². The molecule has 0 aromatic rings. The van der Waals surface area contributed by atoms with Crippen molar-refractivity contribution in [2.75, 3.05) is 0 Å². The molecule has 0 N–H and O–H groups in total. The van der Waals surface area contributed by atoms with Crippen LogP contribution < -0.4 is 0 Å². The Morgan fingerprint density at radius 3 is 1.56 bits per heavy atom. The highest BCUT2D eigenvalue weighted by Crippen LogP contribution is 2.45. The highest BCUT2D eigenvalue weighted by atomic mass is 28.3. The van der Waals surface area contributed by atoms with E-state index in [4.69, 9.17) is 0 Å². The van der Waals surface area contributed by atoms with Gasteiger partial charge in [-0.2, -0.15) is 0 Å². The zero-order valence-corrected chi connectivity index (χ0v) is 13.2. The van der Waals surface area contributed by atoms with Gasteiger partial charge < -0.3 is 0 Å². The molecule has 1 atom stereocenters. The van der Waals surface area contributed by atoms with Crippen LogP contribution in [0.4, 0.5) is 0 Å². The highest BCUT2D eigenvalue weighted by molar-refractivity contribution is 6.86. The van der Waals surface area contributed by atoms with E-state index in [1.165, 1.54) is 18.1 Å². The minimum absolute atomic E-state index is 0.728. The predicted molar refractivity (Wildman–Crippen MR) is 77.4 cm³/mol. The minimum Gasteiger partial charge on any atom is -0.0705 e. The van der Waals surface area contributed by atoms with E-state index in [-0.39, 0.29) is 0 Å². The van der Waals surface area contributed by atoms with Crippen LogP contribution in [0, 0.1) is 5.92 Å². The zero-order valence-electron chi connectivity index (χ0n) is 12.2. The van der Waals surface area contributed by atoms with Crippen LogP contribution in [0.25, 0.3) is 0 Å². The molecule has 0 spiro atoms. The first-order valence-electron chi connectivity index (χ1n) is 6.84. The molecule has 92 valence electrons. The highest BCUT2D eigenvalue weighted by Gasteiger charge is 2.39. The van der Waals surface area contributed by atoms with Crippen LogP contribution in [-0.2, 0) is 0 Å². The predicted octanol–water partition coefficient (Wildman–Crippen LogP) is 5.34. The van der Waals surface area contributed by atoms with Crippen molar-refractivity contribution in [1.29, 1.82) is 0 Å². The second-order valence-corrected chi connectivity index (χ2v) is 10.6. The van der Waals surface area contributed by atoms with Crippen molar-refractivity contribution in [1.82, 2.24) is 0 Å². The van der Waals surface area contributed by atoms with Gasteiger partial charge in [0.15, 0.2) is 0 Å². The number of hydrogen-bond acceptors (Lipinski definition) is 0. The third-order valence-corrected chi connectivity index (χ3v) is 11.3. The van der Waals surface area contributed by atoms with Crippen LogP contribution in [0.15, 0.2) is 21.9 Å². The second kappa shape index (κ2) is 4.91. The molecular formula is C15H28Si. The van der Waals surface area contributed by atoms with Crippen molar-refractivity contribution in [2.24, 2.45) is 5.92 Å². The summed E-state index contributed by atoms with van der Waals surface area (Å²) in [6.45, 7) is 16.7. The Morgan fingerprint density at radius 1 is 0.875 bits per heavy atom. The summed E-state index contributed by atoms with van der Waals surface area (Å²) in [6, 6.07) is 4.24. The van der Waals surface area contributed by atoms with Crippen molar-refractivity contribution in [3.05, 3.63) is 21.9 Å². The van der Waals surface area contributed by atoms with Gasteiger partial charge in [0.2, 0.25) is 0 Å². The van der Waals surface area contributed by atoms with Crippen molar-refractivity contribution in [2.45, 2.75) is 66.6 Å². The lowest BCUT2D eigenvalue weighted by atomic mass is 10.1. The first-order valence-corrected chi connectivity index (χ1v) is 9.46. The Morgan fingerprint density at radius 2 is 1.31 bits per heavy atom. The van der Waals surface area contributed by atoms with Gasteiger partial charge in [0, 0.05) is 0 Å². The minimum atomic E-state index is -1.16. The maximum absolute atomic E-state index is 2.42. The lowest BCUT2D eigenvalue weighted by molar-refractivity contribution is 0.838. The molecule has 0 saturated heterocycles. The molecule has 0 amide bonds. The molecular weight excluding hydrogens is 208 g/mol. The van der Waals surface area contributed by atoms with E-state index in [0.29, 0.717) is 0 Å².